The van der Waals surface area contributed by atoms with E-state index < -0.39 is 0 Å². The van der Waals surface area contributed by atoms with E-state index in [1.165, 1.54) is 26.4 Å². The Kier molecular flexibility index (Phi) is 4.39. The molecule has 0 spiro atoms. The second-order valence-corrected chi connectivity index (χ2v) is 4.37. The Hall–Kier alpha value is -0.570. The van der Waals surface area contributed by atoms with Gasteiger partial charge in [0.05, 0.1) is 7.11 Å². The highest BCUT2D eigenvalue weighted by Gasteiger charge is 2.28. The predicted octanol–water partition coefficient (Wildman–Crippen LogP) is 1.70. The summed E-state index contributed by atoms with van der Waals surface area (Å²) in [5.41, 5.74) is 6.04. The zero-order chi connectivity index (χ0) is 10.6. The fraction of sp³-hybridized carbons (Fsp3) is 0.909. The monoisotopic (exact) mass is 199 g/mol. The van der Waals surface area contributed by atoms with E-state index in [1.807, 2.05) is 0 Å². The molecular formula is C11H21NO2. The van der Waals surface area contributed by atoms with Crippen molar-refractivity contribution in [3.63, 3.8) is 0 Å². The largest absolute Gasteiger partial charge is 0.469 e. The van der Waals surface area contributed by atoms with Crippen LogP contribution in [0.3, 0.4) is 0 Å². The Morgan fingerprint density at radius 1 is 1.50 bits per heavy atom. The Balaban J connectivity index is 2.41. The molecule has 0 aliphatic heterocycles. The van der Waals surface area contributed by atoms with Gasteiger partial charge in [0.25, 0.3) is 0 Å². The average Bonchev–Trinajstić information content (AvgIpc) is 2.18. The predicted molar refractivity (Wildman–Crippen MR) is 55.7 cm³/mol. The van der Waals surface area contributed by atoms with Gasteiger partial charge in [0.1, 0.15) is 0 Å². The molecule has 1 rings (SSSR count). The number of hydrogen-bond acceptors (Lipinski definition) is 3. The quantitative estimate of drug-likeness (QED) is 0.704. The highest BCUT2D eigenvalue weighted by atomic mass is 16.5. The smallest absolute Gasteiger partial charge is 0.305 e. The lowest BCUT2D eigenvalue weighted by atomic mass is 9.76. The molecule has 3 atom stereocenters. The summed E-state index contributed by atoms with van der Waals surface area (Å²) < 4.78 is 4.67. The van der Waals surface area contributed by atoms with Crippen LogP contribution in [0.15, 0.2) is 0 Å². The van der Waals surface area contributed by atoms with Gasteiger partial charge in [0.2, 0.25) is 0 Å². The van der Waals surface area contributed by atoms with Crippen LogP contribution in [-0.2, 0) is 9.53 Å². The summed E-state index contributed by atoms with van der Waals surface area (Å²) in [6.07, 6.45) is 5.27. The van der Waals surface area contributed by atoms with Crippen molar-refractivity contribution < 1.29 is 9.53 Å². The maximum atomic E-state index is 11.1. The normalized spacial score (nSPS) is 29.6. The lowest BCUT2D eigenvalue weighted by molar-refractivity contribution is -0.142. The minimum absolute atomic E-state index is 0.115. The molecule has 0 radical (unpaired) electrons. The Morgan fingerprint density at radius 3 is 2.71 bits per heavy atom. The zero-order valence-electron chi connectivity index (χ0n) is 9.16. The van der Waals surface area contributed by atoms with Gasteiger partial charge in [-0.15, -0.1) is 0 Å². The minimum Gasteiger partial charge on any atom is -0.469 e. The van der Waals surface area contributed by atoms with Gasteiger partial charge in [-0.1, -0.05) is 19.8 Å². The zero-order valence-corrected chi connectivity index (χ0v) is 9.16. The van der Waals surface area contributed by atoms with Crippen molar-refractivity contribution in [2.45, 2.75) is 45.1 Å². The molecule has 0 aromatic carbocycles. The first-order valence-electron chi connectivity index (χ1n) is 5.47. The number of nitrogens with two attached hydrogens (primary N) is 1. The Morgan fingerprint density at radius 2 is 2.14 bits per heavy atom. The Bertz CT molecular complexity index is 194. The van der Waals surface area contributed by atoms with E-state index in [1.54, 1.807) is 0 Å². The van der Waals surface area contributed by atoms with E-state index in [2.05, 4.69) is 11.7 Å². The molecule has 0 aromatic heterocycles. The molecule has 14 heavy (non-hydrogen) atoms. The highest BCUT2D eigenvalue weighted by Crippen LogP contribution is 2.30. The van der Waals surface area contributed by atoms with Crippen molar-refractivity contribution in [2.75, 3.05) is 7.11 Å². The maximum Gasteiger partial charge on any atom is 0.305 e. The van der Waals surface area contributed by atoms with Gasteiger partial charge in [-0.05, 0) is 24.7 Å². The van der Waals surface area contributed by atoms with Crippen molar-refractivity contribution in [3.05, 3.63) is 0 Å². The Labute approximate surface area is 86.0 Å². The van der Waals surface area contributed by atoms with Crippen LogP contribution in [0, 0.1) is 11.8 Å². The van der Waals surface area contributed by atoms with Crippen molar-refractivity contribution >= 4 is 5.97 Å². The number of methoxy groups -OCH3 is 1. The molecule has 1 fully saturated rings. The molecule has 0 bridgehead atoms. The van der Waals surface area contributed by atoms with Crippen LogP contribution in [0.1, 0.15) is 39.0 Å². The van der Waals surface area contributed by atoms with E-state index in [0.29, 0.717) is 18.3 Å². The number of esters is 1. The lowest BCUT2D eigenvalue weighted by Crippen LogP contribution is -2.37. The molecule has 0 amide bonds. The van der Waals surface area contributed by atoms with Gasteiger partial charge in [-0.25, -0.2) is 0 Å². The van der Waals surface area contributed by atoms with Crippen LogP contribution >= 0.6 is 0 Å². The van der Waals surface area contributed by atoms with Crippen LogP contribution in [0.2, 0.25) is 0 Å². The molecule has 1 saturated carbocycles. The summed E-state index contributed by atoms with van der Waals surface area (Å²) in [6, 6.07) is 0.281. The molecule has 2 N–H and O–H groups in total. The molecular weight excluding hydrogens is 178 g/mol. The number of hydrogen-bond donors (Lipinski definition) is 1. The molecule has 3 heteroatoms. The van der Waals surface area contributed by atoms with Gasteiger partial charge in [0, 0.05) is 12.5 Å². The number of ether oxygens (including phenoxy) is 1. The molecule has 0 unspecified atom stereocenters. The van der Waals surface area contributed by atoms with Crippen LogP contribution in [0.25, 0.3) is 0 Å². The molecule has 0 heterocycles. The van der Waals surface area contributed by atoms with Crippen molar-refractivity contribution in [1.82, 2.24) is 0 Å². The van der Waals surface area contributed by atoms with E-state index >= 15 is 0 Å². The number of carbonyl (C=O) groups excluding carboxylic acids is 1. The van der Waals surface area contributed by atoms with Gasteiger partial charge in [-0.2, -0.15) is 0 Å². The first kappa shape index (κ1) is 11.5. The molecule has 0 saturated heterocycles. The van der Waals surface area contributed by atoms with Crippen molar-refractivity contribution in [2.24, 2.45) is 17.6 Å². The van der Waals surface area contributed by atoms with Gasteiger partial charge < -0.3 is 10.5 Å². The standard InChI is InChI=1S/C11H21NO2/c1-8(7-11(13)14-2)9-5-3-4-6-10(9)12/h8-10H,3-7,12H2,1-2H3/t8-,9-,10-/m1/s1. The van der Waals surface area contributed by atoms with Crippen LogP contribution in [0.4, 0.5) is 0 Å². The fourth-order valence-corrected chi connectivity index (χ4v) is 2.39. The van der Waals surface area contributed by atoms with Gasteiger partial charge in [0.15, 0.2) is 0 Å². The second kappa shape index (κ2) is 5.35. The van der Waals surface area contributed by atoms with Crippen LogP contribution < -0.4 is 5.73 Å². The van der Waals surface area contributed by atoms with Crippen LogP contribution in [0.5, 0.6) is 0 Å². The number of rotatable bonds is 3. The lowest BCUT2D eigenvalue weighted by Gasteiger charge is -2.32. The first-order chi connectivity index (χ1) is 6.65. The third-order valence-corrected chi connectivity index (χ3v) is 3.32. The molecule has 82 valence electrons. The SMILES string of the molecule is COC(=O)C[C@@H](C)[C@H]1CCCC[C@H]1N. The fourth-order valence-electron chi connectivity index (χ4n) is 2.39. The summed E-state index contributed by atoms with van der Waals surface area (Å²) in [5.74, 6) is 0.746. The van der Waals surface area contributed by atoms with E-state index in [0.717, 1.165) is 6.42 Å². The van der Waals surface area contributed by atoms with E-state index in [-0.39, 0.29) is 12.0 Å². The highest BCUT2D eigenvalue weighted by molar-refractivity contribution is 5.69. The van der Waals surface area contributed by atoms with Crippen molar-refractivity contribution in [3.8, 4) is 0 Å². The summed E-state index contributed by atoms with van der Waals surface area (Å²) in [4.78, 5) is 11.1. The summed E-state index contributed by atoms with van der Waals surface area (Å²) in [5, 5.41) is 0. The van der Waals surface area contributed by atoms with E-state index in [9.17, 15) is 4.79 Å². The molecule has 1 aliphatic carbocycles. The first-order valence-corrected chi connectivity index (χ1v) is 5.47. The summed E-state index contributed by atoms with van der Waals surface area (Å²) in [6.45, 7) is 2.10. The summed E-state index contributed by atoms with van der Waals surface area (Å²) >= 11 is 0. The van der Waals surface area contributed by atoms with E-state index in [4.69, 9.17) is 5.73 Å². The topological polar surface area (TPSA) is 52.3 Å². The average molecular weight is 199 g/mol. The third kappa shape index (κ3) is 2.98. The second-order valence-electron chi connectivity index (χ2n) is 4.37. The molecule has 0 aromatic rings. The number of carbonyl (C=O) groups is 1. The maximum absolute atomic E-state index is 11.1. The van der Waals surface area contributed by atoms with Crippen LogP contribution in [-0.4, -0.2) is 19.1 Å². The summed E-state index contributed by atoms with van der Waals surface area (Å²) in [7, 11) is 1.44. The molecule has 3 nitrogen and oxygen atoms in total. The van der Waals surface area contributed by atoms with Crippen molar-refractivity contribution in [1.29, 1.82) is 0 Å². The van der Waals surface area contributed by atoms with Gasteiger partial charge >= 0.3 is 5.97 Å². The third-order valence-electron chi connectivity index (χ3n) is 3.32. The van der Waals surface area contributed by atoms with Gasteiger partial charge in [-0.3, -0.25) is 4.79 Å². The molecule has 1 aliphatic rings. The minimum atomic E-state index is -0.115.